The van der Waals surface area contributed by atoms with Crippen molar-refractivity contribution in [3.8, 4) is 0 Å². The molecule has 2 aromatic rings. The molecule has 1 aromatic heterocycles. The summed E-state index contributed by atoms with van der Waals surface area (Å²) in [5.74, 6) is 0. The highest BCUT2D eigenvalue weighted by molar-refractivity contribution is 7.22. The van der Waals surface area contributed by atoms with Crippen LogP contribution in [0.3, 0.4) is 0 Å². The number of hydrogen-bond donors (Lipinski definition) is 1. The predicted octanol–water partition coefficient (Wildman–Crippen LogP) is 3.20. The second-order valence-electron chi connectivity index (χ2n) is 4.55. The van der Waals surface area contributed by atoms with E-state index in [9.17, 15) is 0 Å². The molecule has 4 heteroatoms. The van der Waals surface area contributed by atoms with Crippen molar-refractivity contribution < 1.29 is 4.74 Å². The minimum Gasteiger partial charge on any atom is -0.379 e. The average Bonchev–Trinajstić information content (AvgIpc) is 2.71. The predicted molar refractivity (Wildman–Crippen MR) is 71.8 cm³/mol. The van der Waals surface area contributed by atoms with Crippen molar-refractivity contribution in [2.45, 2.75) is 25.8 Å². The lowest BCUT2D eigenvalue weighted by Crippen LogP contribution is -2.29. The van der Waals surface area contributed by atoms with Crippen LogP contribution in [0.1, 0.15) is 18.4 Å². The van der Waals surface area contributed by atoms with E-state index in [-0.39, 0.29) is 0 Å². The molecule has 0 spiro atoms. The fourth-order valence-electron chi connectivity index (χ4n) is 2.12. The number of rotatable bonds is 2. The molecule has 1 N–H and O–H groups in total. The molecule has 0 radical (unpaired) electrons. The first-order chi connectivity index (χ1) is 8.31. The summed E-state index contributed by atoms with van der Waals surface area (Å²) in [7, 11) is 0. The summed E-state index contributed by atoms with van der Waals surface area (Å²) in [4.78, 5) is 4.60. The molecular weight excluding hydrogens is 232 g/mol. The summed E-state index contributed by atoms with van der Waals surface area (Å²) in [6.07, 6.45) is 2.32. The third-order valence-corrected chi connectivity index (χ3v) is 3.98. The van der Waals surface area contributed by atoms with Crippen molar-refractivity contribution >= 4 is 26.7 Å². The van der Waals surface area contributed by atoms with Gasteiger partial charge in [-0.15, -0.1) is 0 Å². The van der Waals surface area contributed by atoms with Gasteiger partial charge >= 0.3 is 0 Å². The Morgan fingerprint density at radius 1 is 1.47 bits per heavy atom. The van der Waals surface area contributed by atoms with Gasteiger partial charge in [0.05, 0.1) is 22.9 Å². The van der Waals surface area contributed by atoms with E-state index < -0.39 is 0 Å². The molecule has 1 saturated heterocycles. The standard InChI is InChI=1S/C13H16N2OS/c1-9-4-5-11-12(7-9)17-13(15-11)14-10-3-2-6-16-8-10/h4-5,7,10H,2-3,6,8H2,1H3,(H,14,15). The zero-order valence-electron chi connectivity index (χ0n) is 9.90. The Labute approximate surface area is 105 Å². The number of ether oxygens (including phenoxy) is 1. The molecule has 1 aliphatic heterocycles. The topological polar surface area (TPSA) is 34.2 Å². The van der Waals surface area contributed by atoms with Crippen molar-refractivity contribution in [1.82, 2.24) is 4.98 Å². The van der Waals surface area contributed by atoms with Gasteiger partial charge in [-0.1, -0.05) is 17.4 Å². The van der Waals surface area contributed by atoms with Gasteiger partial charge in [-0.3, -0.25) is 0 Å². The second-order valence-corrected chi connectivity index (χ2v) is 5.58. The van der Waals surface area contributed by atoms with Crippen LogP contribution in [0, 0.1) is 6.92 Å². The highest BCUT2D eigenvalue weighted by Gasteiger charge is 2.15. The van der Waals surface area contributed by atoms with Crippen molar-refractivity contribution in [2.24, 2.45) is 0 Å². The maximum Gasteiger partial charge on any atom is 0.184 e. The summed E-state index contributed by atoms with van der Waals surface area (Å²) in [6.45, 7) is 3.81. The first-order valence-electron chi connectivity index (χ1n) is 6.03. The van der Waals surface area contributed by atoms with E-state index in [1.54, 1.807) is 11.3 Å². The molecule has 17 heavy (non-hydrogen) atoms. The van der Waals surface area contributed by atoms with Gasteiger partial charge in [0, 0.05) is 6.61 Å². The third kappa shape index (κ3) is 2.42. The fraction of sp³-hybridized carbons (Fsp3) is 0.462. The molecule has 2 heterocycles. The van der Waals surface area contributed by atoms with E-state index in [1.807, 2.05) is 0 Å². The number of anilines is 1. The monoisotopic (exact) mass is 248 g/mol. The molecule has 1 aromatic carbocycles. The van der Waals surface area contributed by atoms with Crippen molar-refractivity contribution in [2.75, 3.05) is 18.5 Å². The molecule has 0 bridgehead atoms. The molecule has 3 rings (SSSR count). The zero-order valence-corrected chi connectivity index (χ0v) is 10.7. The van der Waals surface area contributed by atoms with E-state index in [4.69, 9.17) is 4.74 Å². The van der Waals surface area contributed by atoms with Crippen LogP contribution in [-0.4, -0.2) is 24.2 Å². The third-order valence-electron chi connectivity index (χ3n) is 3.03. The Hall–Kier alpha value is -1.13. The van der Waals surface area contributed by atoms with Crippen molar-refractivity contribution in [3.63, 3.8) is 0 Å². The first-order valence-corrected chi connectivity index (χ1v) is 6.84. The number of aryl methyl sites for hydroxylation is 1. The SMILES string of the molecule is Cc1ccc2nc(NC3CCCOC3)sc2c1. The van der Waals surface area contributed by atoms with Crippen LogP contribution >= 0.6 is 11.3 Å². The van der Waals surface area contributed by atoms with E-state index in [1.165, 1.54) is 16.7 Å². The van der Waals surface area contributed by atoms with Gasteiger partial charge in [-0.25, -0.2) is 4.98 Å². The Kier molecular flexibility index (Phi) is 2.99. The molecule has 1 aliphatic rings. The lowest BCUT2D eigenvalue weighted by molar-refractivity contribution is 0.0876. The first kappa shape index (κ1) is 11.0. The summed E-state index contributed by atoms with van der Waals surface area (Å²) in [6, 6.07) is 6.81. The van der Waals surface area contributed by atoms with Crippen LogP contribution < -0.4 is 5.32 Å². The van der Waals surface area contributed by atoms with Gasteiger partial charge in [0.25, 0.3) is 0 Å². The smallest absolute Gasteiger partial charge is 0.184 e. The normalized spacial score (nSPS) is 20.6. The van der Waals surface area contributed by atoms with E-state index in [0.717, 1.165) is 30.3 Å². The number of aromatic nitrogens is 1. The Morgan fingerprint density at radius 3 is 3.24 bits per heavy atom. The number of hydrogen-bond acceptors (Lipinski definition) is 4. The lowest BCUT2D eigenvalue weighted by Gasteiger charge is -2.22. The van der Waals surface area contributed by atoms with Gasteiger partial charge < -0.3 is 10.1 Å². The Balaban J connectivity index is 1.80. The average molecular weight is 248 g/mol. The Bertz CT molecular complexity index is 517. The van der Waals surface area contributed by atoms with E-state index in [2.05, 4.69) is 35.4 Å². The largest absolute Gasteiger partial charge is 0.379 e. The second kappa shape index (κ2) is 4.63. The van der Waals surface area contributed by atoms with Crippen LogP contribution in [0.25, 0.3) is 10.2 Å². The van der Waals surface area contributed by atoms with Crippen LogP contribution in [0.4, 0.5) is 5.13 Å². The molecule has 90 valence electrons. The maximum atomic E-state index is 5.46. The number of fused-ring (bicyclic) bond motifs is 1. The number of benzene rings is 1. The molecule has 0 amide bonds. The minimum atomic E-state index is 0.422. The quantitative estimate of drug-likeness (QED) is 0.886. The van der Waals surface area contributed by atoms with Gasteiger partial charge in [-0.05, 0) is 37.5 Å². The fourth-order valence-corrected chi connectivity index (χ4v) is 3.16. The number of thiazole rings is 1. The summed E-state index contributed by atoms with van der Waals surface area (Å²) in [5, 5.41) is 4.49. The summed E-state index contributed by atoms with van der Waals surface area (Å²) < 4.78 is 6.72. The van der Waals surface area contributed by atoms with Crippen LogP contribution in [0.15, 0.2) is 18.2 Å². The van der Waals surface area contributed by atoms with Crippen molar-refractivity contribution in [3.05, 3.63) is 23.8 Å². The van der Waals surface area contributed by atoms with E-state index >= 15 is 0 Å². The summed E-state index contributed by atoms with van der Waals surface area (Å²) >= 11 is 1.73. The van der Waals surface area contributed by atoms with E-state index in [0.29, 0.717) is 6.04 Å². The highest BCUT2D eigenvalue weighted by atomic mass is 32.1. The Morgan fingerprint density at radius 2 is 2.41 bits per heavy atom. The van der Waals surface area contributed by atoms with Crippen LogP contribution in [0.5, 0.6) is 0 Å². The van der Waals surface area contributed by atoms with Gasteiger partial charge in [-0.2, -0.15) is 0 Å². The molecule has 1 unspecified atom stereocenters. The molecule has 1 fully saturated rings. The lowest BCUT2D eigenvalue weighted by atomic mass is 10.1. The molecule has 3 nitrogen and oxygen atoms in total. The molecular formula is C13H16N2OS. The number of nitrogens with zero attached hydrogens (tertiary/aromatic N) is 1. The van der Waals surface area contributed by atoms with Crippen LogP contribution in [0.2, 0.25) is 0 Å². The highest BCUT2D eigenvalue weighted by Crippen LogP contribution is 2.27. The van der Waals surface area contributed by atoms with Gasteiger partial charge in [0.15, 0.2) is 5.13 Å². The summed E-state index contributed by atoms with van der Waals surface area (Å²) in [5.41, 5.74) is 2.37. The number of nitrogens with one attached hydrogen (secondary N) is 1. The van der Waals surface area contributed by atoms with Crippen molar-refractivity contribution in [1.29, 1.82) is 0 Å². The van der Waals surface area contributed by atoms with Crippen LogP contribution in [-0.2, 0) is 4.74 Å². The molecule has 0 aliphatic carbocycles. The van der Waals surface area contributed by atoms with Gasteiger partial charge in [0.1, 0.15) is 0 Å². The minimum absolute atomic E-state index is 0.422. The zero-order chi connectivity index (χ0) is 11.7. The van der Waals surface area contributed by atoms with Gasteiger partial charge in [0.2, 0.25) is 0 Å². The molecule has 1 atom stereocenters. The maximum absolute atomic E-state index is 5.46. The molecule has 0 saturated carbocycles.